The summed E-state index contributed by atoms with van der Waals surface area (Å²) in [5.74, 6) is 1.10. The maximum atomic E-state index is 13.1. The molecule has 1 heterocycles. The molecule has 1 N–H and O–H groups in total. The minimum absolute atomic E-state index is 0.0509. The largest absolute Gasteiger partial charge is 0.331 e. The number of aryl methyl sites for hydroxylation is 1. The van der Waals surface area contributed by atoms with E-state index in [4.69, 9.17) is 0 Å². The number of hydrogen-bond acceptors (Lipinski definition) is 3. The minimum atomic E-state index is -0.261. The lowest BCUT2D eigenvalue weighted by atomic mass is 9.79. The van der Waals surface area contributed by atoms with Gasteiger partial charge in [-0.2, -0.15) is 0 Å². The molecule has 0 aliphatic heterocycles. The number of carbonyl (C=O) groups excluding carboxylic acids is 1. The monoisotopic (exact) mass is 357 g/mol. The molecule has 1 saturated carbocycles. The first kappa shape index (κ1) is 18.4. The van der Waals surface area contributed by atoms with E-state index in [2.05, 4.69) is 19.2 Å². The van der Waals surface area contributed by atoms with Crippen molar-refractivity contribution in [3.8, 4) is 0 Å². The average molecular weight is 357 g/mol. The van der Waals surface area contributed by atoms with Crippen LogP contribution in [0.15, 0.2) is 27.8 Å². The standard InChI is InChI=1S/C20H27N3O3/c1-12(2)14-5-8-16(9-6-14)23-19(25)17-11-15(21-13(3)24)7-10-18(17)22(4)20(23)26/h7,10-12,14,16H,5-6,8-9H2,1-4H3,(H,21,24)/t14-,16-. The van der Waals surface area contributed by atoms with Crippen molar-refractivity contribution in [2.75, 3.05) is 5.32 Å². The summed E-state index contributed by atoms with van der Waals surface area (Å²) >= 11 is 0. The zero-order valence-corrected chi connectivity index (χ0v) is 15.9. The van der Waals surface area contributed by atoms with Crippen molar-refractivity contribution in [1.82, 2.24) is 9.13 Å². The van der Waals surface area contributed by atoms with Crippen molar-refractivity contribution in [3.63, 3.8) is 0 Å². The number of aromatic nitrogens is 2. The second-order valence-electron chi connectivity index (χ2n) is 7.74. The SMILES string of the molecule is CC(=O)Nc1ccc2c(c1)c(=O)n([C@H]1CC[C@H](C(C)C)CC1)c(=O)n2C. The molecule has 2 aromatic rings. The Hall–Kier alpha value is -2.37. The van der Waals surface area contributed by atoms with Crippen molar-refractivity contribution < 1.29 is 4.79 Å². The normalized spacial score (nSPS) is 20.5. The third-order valence-electron chi connectivity index (χ3n) is 5.67. The molecule has 26 heavy (non-hydrogen) atoms. The van der Waals surface area contributed by atoms with E-state index >= 15 is 0 Å². The highest BCUT2D eigenvalue weighted by molar-refractivity contribution is 5.92. The Labute approximate surface area is 152 Å². The van der Waals surface area contributed by atoms with Crippen molar-refractivity contribution in [2.45, 2.75) is 52.5 Å². The van der Waals surface area contributed by atoms with Crippen LogP contribution >= 0.6 is 0 Å². The third kappa shape index (κ3) is 3.32. The summed E-state index contributed by atoms with van der Waals surface area (Å²) in [5, 5.41) is 3.16. The van der Waals surface area contributed by atoms with E-state index in [0.717, 1.165) is 25.7 Å². The Morgan fingerprint density at radius 2 is 1.81 bits per heavy atom. The maximum Gasteiger partial charge on any atom is 0.331 e. The second kappa shape index (κ2) is 7.09. The summed E-state index contributed by atoms with van der Waals surface area (Å²) in [6.07, 6.45) is 3.80. The molecule has 1 fully saturated rings. The van der Waals surface area contributed by atoms with Crippen LogP contribution in [-0.2, 0) is 11.8 Å². The number of amides is 1. The number of benzene rings is 1. The molecule has 0 bridgehead atoms. The van der Waals surface area contributed by atoms with Gasteiger partial charge in [-0.1, -0.05) is 13.8 Å². The van der Waals surface area contributed by atoms with Crippen LogP contribution in [0.1, 0.15) is 52.5 Å². The topological polar surface area (TPSA) is 73.1 Å². The molecular formula is C20H27N3O3. The van der Waals surface area contributed by atoms with Crippen LogP contribution in [0.3, 0.4) is 0 Å². The van der Waals surface area contributed by atoms with Gasteiger partial charge in [-0.3, -0.25) is 18.7 Å². The van der Waals surface area contributed by atoms with Gasteiger partial charge in [0.25, 0.3) is 5.56 Å². The minimum Gasteiger partial charge on any atom is -0.326 e. The van der Waals surface area contributed by atoms with Crippen molar-refractivity contribution >= 4 is 22.5 Å². The zero-order valence-electron chi connectivity index (χ0n) is 15.9. The number of carbonyl (C=O) groups is 1. The van der Waals surface area contributed by atoms with E-state index < -0.39 is 0 Å². The fraction of sp³-hybridized carbons (Fsp3) is 0.550. The highest BCUT2D eigenvalue weighted by atomic mass is 16.2. The Kier molecular flexibility index (Phi) is 5.03. The molecule has 0 unspecified atom stereocenters. The third-order valence-corrected chi connectivity index (χ3v) is 5.67. The van der Waals surface area contributed by atoms with Crippen LogP contribution in [-0.4, -0.2) is 15.0 Å². The van der Waals surface area contributed by atoms with Crippen LogP contribution in [0.4, 0.5) is 5.69 Å². The van der Waals surface area contributed by atoms with Crippen molar-refractivity contribution in [3.05, 3.63) is 39.0 Å². The van der Waals surface area contributed by atoms with E-state index in [1.54, 1.807) is 25.2 Å². The highest BCUT2D eigenvalue weighted by Crippen LogP contribution is 2.34. The van der Waals surface area contributed by atoms with Gasteiger partial charge >= 0.3 is 5.69 Å². The molecule has 6 heteroatoms. The lowest BCUT2D eigenvalue weighted by Crippen LogP contribution is -2.42. The lowest BCUT2D eigenvalue weighted by Gasteiger charge is -2.31. The van der Waals surface area contributed by atoms with Crippen LogP contribution in [0.2, 0.25) is 0 Å². The fourth-order valence-electron chi connectivity index (χ4n) is 4.11. The lowest BCUT2D eigenvalue weighted by molar-refractivity contribution is -0.114. The predicted octanol–water partition coefficient (Wildman–Crippen LogP) is 3.05. The molecule has 1 aliphatic rings. The first-order valence-electron chi connectivity index (χ1n) is 9.32. The average Bonchev–Trinajstić information content (AvgIpc) is 2.60. The highest BCUT2D eigenvalue weighted by Gasteiger charge is 2.27. The smallest absolute Gasteiger partial charge is 0.326 e. The summed E-state index contributed by atoms with van der Waals surface area (Å²) in [7, 11) is 1.69. The number of nitrogens with zero attached hydrogens (tertiary/aromatic N) is 2. The van der Waals surface area contributed by atoms with Crippen LogP contribution < -0.4 is 16.6 Å². The van der Waals surface area contributed by atoms with E-state index in [0.29, 0.717) is 28.4 Å². The molecule has 1 aromatic carbocycles. The van der Waals surface area contributed by atoms with Crippen LogP contribution in [0.5, 0.6) is 0 Å². The second-order valence-corrected chi connectivity index (χ2v) is 7.74. The Bertz CT molecular complexity index is 947. The molecule has 1 amide bonds. The Balaban J connectivity index is 2.07. The molecule has 3 rings (SSSR count). The predicted molar refractivity (Wildman–Crippen MR) is 104 cm³/mol. The number of nitrogens with one attached hydrogen (secondary N) is 1. The summed E-state index contributed by atoms with van der Waals surface area (Å²) in [6, 6.07) is 5.03. The van der Waals surface area contributed by atoms with E-state index in [1.807, 2.05) is 0 Å². The molecule has 1 aliphatic carbocycles. The van der Waals surface area contributed by atoms with Gasteiger partial charge in [0.05, 0.1) is 10.9 Å². The van der Waals surface area contributed by atoms with Gasteiger partial charge in [-0.15, -0.1) is 0 Å². The summed E-state index contributed by atoms with van der Waals surface area (Å²) < 4.78 is 2.96. The van der Waals surface area contributed by atoms with E-state index in [-0.39, 0.29) is 23.2 Å². The molecule has 6 nitrogen and oxygen atoms in total. The van der Waals surface area contributed by atoms with Gasteiger partial charge < -0.3 is 5.32 Å². The molecule has 0 saturated heterocycles. The van der Waals surface area contributed by atoms with E-state index in [9.17, 15) is 14.4 Å². The molecular weight excluding hydrogens is 330 g/mol. The Morgan fingerprint density at radius 1 is 1.15 bits per heavy atom. The quantitative estimate of drug-likeness (QED) is 0.917. The maximum absolute atomic E-state index is 13.1. The summed E-state index contributed by atoms with van der Waals surface area (Å²) in [6.45, 7) is 5.89. The van der Waals surface area contributed by atoms with Gasteiger partial charge in [-0.05, 0) is 55.7 Å². The molecule has 0 spiro atoms. The number of fused-ring (bicyclic) bond motifs is 1. The summed E-state index contributed by atoms with van der Waals surface area (Å²) in [4.78, 5) is 37.2. The molecule has 0 atom stereocenters. The summed E-state index contributed by atoms with van der Waals surface area (Å²) in [5.41, 5.74) is 0.628. The fourth-order valence-corrected chi connectivity index (χ4v) is 4.11. The number of rotatable bonds is 3. The van der Waals surface area contributed by atoms with Crippen molar-refractivity contribution in [2.24, 2.45) is 18.9 Å². The zero-order chi connectivity index (χ0) is 19.0. The van der Waals surface area contributed by atoms with Crippen molar-refractivity contribution in [1.29, 1.82) is 0 Å². The van der Waals surface area contributed by atoms with Gasteiger partial charge in [0.15, 0.2) is 0 Å². The van der Waals surface area contributed by atoms with Gasteiger partial charge in [0, 0.05) is 25.7 Å². The van der Waals surface area contributed by atoms with Crippen LogP contribution in [0.25, 0.3) is 10.9 Å². The number of hydrogen-bond donors (Lipinski definition) is 1. The van der Waals surface area contributed by atoms with E-state index in [1.165, 1.54) is 16.1 Å². The van der Waals surface area contributed by atoms with Gasteiger partial charge in [0.1, 0.15) is 0 Å². The first-order chi connectivity index (χ1) is 12.3. The van der Waals surface area contributed by atoms with Crippen LogP contribution in [0, 0.1) is 11.8 Å². The Morgan fingerprint density at radius 3 is 2.38 bits per heavy atom. The molecule has 1 aromatic heterocycles. The van der Waals surface area contributed by atoms with Gasteiger partial charge in [-0.25, -0.2) is 4.79 Å². The molecule has 140 valence electrons. The first-order valence-corrected chi connectivity index (χ1v) is 9.32. The number of anilines is 1. The van der Waals surface area contributed by atoms with Gasteiger partial charge in [0.2, 0.25) is 5.91 Å². The molecule has 0 radical (unpaired) electrons.